The largest absolute Gasteiger partial charge is 0.307 e. The molecule has 1 saturated heterocycles. The normalized spacial score (nSPS) is 18.1. The van der Waals surface area contributed by atoms with E-state index in [0.29, 0.717) is 24.9 Å². The molecule has 1 aliphatic heterocycles. The van der Waals surface area contributed by atoms with Crippen molar-refractivity contribution in [1.29, 1.82) is 0 Å². The minimum absolute atomic E-state index is 0.106. The standard InChI is InChI=1S/C13H21ClN4O2S/c1-9(2)10-3-5-18(6-4-10)21(19,20)11-7-12(14)13(17-15)16-8-11/h7-10H,3-6,15H2,1-2H3,(H,16,17). The fraction of sp³-hybridized carbons (Fsp3) is 0.615. The van der Waals surface area contributed by atoms with E-state index >= 15 is 0 Å². The number of hydrazine groups is 1. The molecule has 0 spiro atoms. The Morgan fingerprint density at radius 1 is 1.43 bits per heavy atom. The lowest BCUT2D eigenvalue weighted by molar-refractivity contribution is 0.226. The maximum absolute atomic E-state index is 12.6. The Balaban J connectivity index is 2.17. The lowest BCUT2D eigenvalue weighted by atomic mass is 9.87. The van der Waals surface area contributed by atoms with E-state index in [1.54, 1.807) is 0 Å². The molecule has 1 aromatic rings. The van der Waals surface area contributed by atoms with E-state index in [1.807, 2.05) is 0 Å². The van der Waals surface area contributed by atoms with E-state index < -0.39 is 10.0 Å². The van der Waals surface area contributed by atoms with Crippen LogP contribution in [-0.2, 0) is 10.0 Å². The highest BCUT2D eigenvalue weighted by atomic mass is 35.5. The zero-order valence-corrected chi connectivity index (χ0v) is 13.8. The number of hydrogen-bond donors (Lipinski definition) is 2. The number of rotatable bonds is 4. The molecular weight excluding hydrogens is 312 g/mol. The second-order valence-corrected chi connectivity index (χ2v) is 7.98. The number of nitrogen functional groups attached to an aromatic ring is 1. The van der Waals surface area contributed by atoms with Crippen LogP contribution in [0.25, 0.3) is 0 Å². The highest BCUT2D eigenvalue weighted by Gasteiger charge is 2.30. The van der Waals surface area contributed by atoms with Gasteiger partial charge in [0.05, 0.1) is 5.02 Å². The fourth-order valence-electron chi connectivity index (χ4n) is 2.60. The molecule has 0 unspecified atom stereocenters. The predicted molar refractivity (Wildman–Crippen MR) is 83.4 cm³/mol. The number of piperidine rings is 1. The molecule has 1 fully saturated rings. The summed E-state index contributed by atoms with van der Waals surface area (Å²) in [7, 11) is -3.54. The van der Waals surface area contributed by atoms with Gasteiger partial charge in [-0.05, 0) is 30.7 Å². The van der Waals surface area contributed by atoms with Gasteiger partial charge in [-0.3, -0.25) is 0 Å². The number of sulfonamides is 1. The van der Waals surface area contributed by atoms with Crippen LogP contribution < -0.4 is 11.3 Å². The van der Waals surface area contributed by atoms with Crippen molar-refractivity contribution in [2.75, 3.05) is 18.5 Å². The van der Waals surface area contributed by atoms with Gasteiger partial charge < -0.3 is 5.43 Å². The second kappa shape index (κ2) is 6.48. The van der Waals surface area contributed by atoms with E-state index in [-0.39, 0.29) is 15.7 Å². The van der Waals surface area contributed by atoms with Crippen molar-refractivity contribution in [3.8, 4) is 0 Å². The van der Waals surface area contributed by atoms with Gasteiger partial charge in [0, 0.05) is 19.3 Å². The number of anilines is 1. The summed E-state index contributed by atoms with van der Waals surface area (Å²) in [6.45, 7) is 5.44. The Hall–Kier alpha value is -0.890. The Labute approximate surface area is 130 Å². The fourth-order valence-corrected chi connectivity index (χ4v) is 4.33. The molecule has 0 saturated carbocycles. The molecule has 118 valence electrons. The van der Waals surface area contributed by atoms with E-state index in [2.05, 4.69) is 24.3 Å². The van der Waals surface area contributed by atoms with Crippen molar-refractivity contribution in [1.82, 2.24) is 9.29 Å². The van der Waals surface area contributed by atoms with Crippen LogP contribution in [0.4, 0.5) is 5.82 Å². The third kappa shape index (κ3) is 3.48. The summed E-state index contributed by atoms with van der Waals surface area (Å²) in [6, 6.07) is 1.38. The number of hydrogen-bond acceptors (Lipinski definition) is 5. The van der Waals surface area contributed by atoms with E-state index in [4.69, 9.17) is 17.4 Å². The van der Waals surface area contributed by atoms with Crippen LogP contribution in [0.1, 0.15) is 26.7 Å². The molecule has 21 heavy (non-hydrogen) atoms. The summed E-state index contributed by atoms with van der Waals surface area (Å²) in [6.07, 6.45) is 3.06. The highest BCUT2D eigenvalue weighted by Crippen LogP contribution is 2.29. The Morgan fingerprint density at radius 3 is 2.52 bits per heavy atom. The number of nitrogens with two attached hydrogens (primary N) is 1. The van der Waals surface area contributed by atoms with Crippen LogP contribution in [0.3, 0.4) is 0 Å². The Morgan fingerprint density at radius 2 is 2.05 bits per heavy atom. The van der Waals surface area contributed by atoms with Gasteiger partial charge in [0.25, 0.3) is 0 Å². The molecule has 1 aromatic heterocycles. The average molecular weight is 333 g/mol. The van der Waals surface area contributed by atoms with Crippen LogP contribution in [0, 0.1) is 11.8 Å². The molecule has 3 N–H and O–H groups in total. The number of halogens is 1. The topological polar surface area (TPSA) is 88.3 Å². The smallest absolute Gasteiger partial charge is 0.244 e. The van der Waals surface area contributed by atoms with Gasteiger partial charge in [-0.1, -0.05) is 25.4 Å². The molecule has 1 aliphatic rings. The van der Waals surface area contributed by atoms with Gasteiger partial charge in [-0.2, -0.15) is 4.31 Å². The van der Waals surface area contributed by atoms with Crippen molar-refractivity contribution < 1.29 is 8.42 Å². The second-order valence-electron chi connectivity index (χ2n) is 5.63. The highest BCUT2D eigenvalue weighted by molar-refractivity contribution is 7.89. The molecule has 8 heteroatoms. The zero-order valence-electron chi connectivity index (χ0n) is 12.2. The summed E-state index contributed by atoms with van der Waals surface area (Å²) in [4.78, 5) is 4.03. The Kier molecular flexibility index (Phi) is 5.08. The number of pyridine rings is 1. The lowest BCUT2D eigenvalue weighted by Crippen LogP contribution is -2.39. The molecule has 2 heterocycles. The SMILES string of the molecule is CC(C)C1CCN(S(=O)(=O)c2cnc(NN)c(Cl)c2)CC1. The van der Waals surface area contributed by atoms with Crippen molar-refractivity contribution in [2.45, 2.75) is 31.6 Å². The van der Waals surface area contributed by atoms with Crippen LogP contribution in [0.15, 0.2) is 17.2 Å². The molecule has 0 atom stereocenters. The van der Waals surface area contributed by atoms with Gasteiger partial charge in [-0.25, -0.2) is 19.2 Å². The average Bonchev–Trinajstić information content (AvgIpc) is 2.47. The number of nitrogens with one attached hydrogen (secondary N) is 1. The van der Waals surface area contributed by atoms with Crippen molar-refractivity contribution >= 4 is 27.4 Å². The van der Waals surface area contributed by atoms with Crippen LogP contribution >= 0.6 is 11.6 Å². The minimum Gasteiger partial charge on any atom is -0.307 e. The first-order valence-electron chi connectivity index (χ1n) is 6.98. The maximum Gasteiger partial charge on any atom is 0.244 e. The maximum atomic E-state index is 12.6. The Bertz CT molecular complexity index is 598. The van der Waals surface area contributed by atoms with E-state index in [9.17, 15) is 8.42 Å². The number of aromatic nitrogens is 1. The molecule has 0 radical (unpaired) electrons. The summed E-state index contributed by atoms with van der Waals surface area (Å²) >= 11 is 5.95. The van der Waals surface area contributed by atoms with Crippen molar-refractivity contribution in [3.63, 3.8) is 0 Å². The first-order valence-corrected chi connectivity index (χ1v) is 8.80. The quantitative estimate of drug-likeness (QED) is 0.651. The molecular formula is C13H21ClN4O2S. The summed E-state index contributed by atoms with van der Waals surface area (Å²) in [5, 5.41) is 0.190. The first kappa shape index (κ1) is 16.5. The van der Waals surface area contributed by atoms with Crippen molar-refractivity contribution in [3.05, 3.63) is 17.3 Å². The molecule has 0 aliphatic carbocycles. The molecule has 0 bridgehead atoms. The molecule has 6 nitrogen and oxygen atoms in total. The van der Waals surface area contributed by atoms with Gasteiger partial charge in [-0.15, -0.1) is 0 Å². The third-order valence-electron chi connectivity index (χ3n) is 4.03. The van der Waals surface area contributed by atoms with Crippen LogP contribution in [0.5, 0.6) is 0 Å². The van der Waals surface area contributed by atoms with Crippen LogP contribution in [-0.4, -0.2) is 30.8 Å². The predicted octanol–water partition coefficient (Wildman–Crippen LogP) is 2.08. The van der Waals surface area contributed by atoms with E-state index in [1.165, 1.54) is 16.6 Å². The van der Waals surface area contributed by atoms with Gasteiger partial charge in [0.2, 0.25) is 10.0 Å². The molecule has 0 aromatic carbocycles. The summed E-state index contributed by atoms with van der Waals surface area (Å²) in [5.41, 5.74) is 2.32. The minimum atomic E-state index is -3.54. The summed E-state index contributed by atoms with van der Waals surface area (Å²) < 4.78 is 26.7. The van der Waals surface area contributed by atoms with Gasteiger partial charge in [0.1, 0.15) is 4.90 Å². The molecule has 2 rings (SSSR count). The van der Waals surface area contributed by atoms with Gasteiger partial charge >= 0.3 is 0 Å². The number of nitrogens with zero attached hydrogens (tertiary/aromatic N) is 2. The monoisotopic (exact) mass is 332 g/mol. The zero-order chi connectivity index (χ0) is 15.6. The van der Waals surface area contributed by atoms with Gasteiger partial charge in [0.15, 0.2) is 5.82 Å². The summed E-state index contributed by atoms with van der Waals surface area (Å²) in [5.74, 6) is 6.67. The lowest BCUT2D eigenvalue weighted by Gasteiger charge is -2.33. The third-order valence-corrected chi connectivity index (χ3v) is 6.18. The van der Waals surface area contributed by atoms with E-state index in [0.717, 1.165) is 12.8 Å². The van der Waals surface area contributed by atoms with Crippen molar-refractivity contribution in [2.24, 2.45) is 17.7 Å². The molecule has 0 amide bonds. The van der Waals surface area contributed by atoms with Crippen LogP contribution in [0.2, 0.25) is 5.02 Å². The first-order chi connectivity index (χ1) is 9.86.